The second-order valence-corrected chi connectivity index (χ2v) is 4.76. The molecule has 0 aliphatic rings. The van der Waals surface area contributed by atoms with Crippen LogP contribution in [-0.2, 0) is 9.84 Å². The van der Waals surface area contributed by atoms with Crippen LogP contribution in [-0.4, -0.2) is 21.3 Å². The molecule has 0 aromatic heterocycles. The number of hydrogen-bond acceptors (Lipinski definition) is 3. The van der Waals surface area contributed by atoms with Crippen molar-refractivity contribution in [3.63, 3.8) is 0 Å². The van der Waals surface area contributed by atoms with E-state index in [9.17, 15) is 12.8 Å². The monoisotopic (exact) mass is 217 g/mol. The number of sulfone groups is 1. The molecule has 0 atom stereocenters. The Morgan fingerprint density at radius 2 is 2.07 bits per heavy atom. The fourth-order valence-corrected chi connectivity index (χ4v) is 1.61. The molecular formula is C9H10FO3S. The first-order valence-electron chi connectivity index (χ1n) is 3.86. The van der Waals surface area contributed by atoms with Gasteiger partial charge in [-0.05, 0) is 19.1 Å². The summed E-state index contributed by atoms with van der Waals surface area (Å²) in [5, 5.41) is 0. The van der Waals surface area contributed by atoms with E-state index in [0.717, 1.165) is 18.4 Å². The largest absolute Gasteiger partial charge is 0.493 e. The van der Waals surface area contributed by atoms with Gasteiger partial charge < -0.3 is 4.74 Å². The highest BCUT2D eigenvalue weighted by Crippen LogP contribution is 2.19. The summed E-state index contributed by atoms with van der Waals surface area (Å²) >= 11 is 0. The molecule has 0 aliphatic heterocycles. The van der Waals surface area contributed by atoms with Crippen molar-refractivity contribution in [2.75, 3.05) is 12.9 Å². The highest BCUT2D eigenvalue weighted by atomic mass is 32.2. The molecule has 0 spiro atoms. The Morgan fingerprint density at radius 1 is 1.43 bits per heavy atom. The van der Waals surface area contributed by atoms with E-state index in [0.29, 0.717) is 0 Å². The molecule has 0 fully saturated rings. The quantitative estimate of drug-likeness (QED) is 0.769. The number of ether oxygens (including phenoxy) is 1. The van der Waals surface area contributed by atoms with Crippen LogP contribution in [0.1, 0.15) is 0 Å². The van der Waals surface area contributed by atoms with Gasteiger partial charge >= 0.3 is 0 Å². The molecule has 14 heavy (non-hydrogen) atoms. The number of halogens is 1. The van der Waals surface area contributed by atoms with Crippen LogP contribution >= 0.6 is 0 Å². The highest BCUT2D eigenvalue weighted by Gasteiger charge is 2.10. The SMILES string of the molecule is [CH2]COc1cc(F)cc(S(C)(=O)=O)c1. The Bertz CT molecular complexity index is 426. The number of benzene rings is 1. The van der Waals surface area contributed by atoms with Crippen molar-refractivity contribution in [1.29, 1.82) is 0 Å². The summed E-state index contributed by atoms with van der Waals surface area (Å²) in [5.74, 6) is -0.475. The minimum atomic E-state index is -3.41. The molecule has 77 valence electrons. The second-order valence-electron chi connectivity index (χ2n) is 2.74. The predicted molar refractivity (Wildman–Crippen MR) is 50.4 cm³/mol. The van der Waals surface area contributed by atoms with Crippen LogP contribution in [0.5, 0.6) is 5.75 Å². The van der Waals surface area contributed by atoms with Crippen LogP contribution in [0.25, 0.3) is 0 Å². The Hall–Kier alpha value is -1.10. The van der Waals surface area contributed by atoms with E-state index < -0.39 is 15.7 Å². The zero-order chi connectivity index (χ0) is 10.8. The fraction of sp³-hybridized carbons (Fsp3) is 0.222. The van der Waals surface area contributed by atoms with Gasteiger partial charge in [-0.25, -0.2) is 12.8 Å². The molecule has 0 N–H and O–H groups in total. The lowest BCUT2D eigenvalue weighted by Gasteiger charge is -2.05. The molecule has 1 rings (SSSR count). The lowest BCUT2D eigenvalue weighted by molar-refractivity contribution is 0.357. The molecule has 1 radical (unpaired) electrons. The summed E-state index contributed by atoms with van der Waals surface area (Å²) in [6.07, 6.45) is 1.01. The molecule has 0 aliphatic carbocycles. The summed E-state index contributed by atoms with van der Waals surface area (Å²) in [4.78, 5) is -0.0963. The average Bonchev–Trinajstić information content (AvgIpc) is 2.02. The zero-order valence-electron chi connectivity index (χ0n) is 7.66. The van der Waals surface area contributed by atoms with E-state index in [1.54, 1.807) is 0 Å². The van der Waals surface area contributed by atoms with Gasteiger partial charge in [-0.3, -0.25) is 0 Å². The van der Waals surface area contributed by atoms with Crippen LogP contribution in [0, 0.1) is 12.7 Å². The van der Waals surface area contributed by atoms with Crippen LogP contribution < -0.4 is 4.74 Å². The zero-order valence-corrected chi connectivity index (χ0v) is 8.47. The number of hydrogen-bond donors (Lipinski definition) is 0. The smallest absolute Gasteiger partial charge is 0.175 e. The predicted octanol–water partition coefficient (Wildman–Crippen LogP) is 1.44. The third-order valence-corrected chi connectivity index (χ3v) is 2.63. The van der Waals surface area contributed by atoms with E-state index >= 15 is 0 Å². The first-order chi connectivity index (χ1) is 6.43. The Kier molecular flexibility index (Phi) is 3.10. The highest BCUT2D eigenvalue weighted by molar-refractivity contribution is 7.90. The van der Waals surface area contributed by atoms with Crippen molar-refractivity contribution in [2.24, 2.45) is 0 Å². The van der Waals surface area contributed by atoms with E-state index in [-0.39, 0.29) is 17.3 Å². The maximum Gasteiger partial charge on any atom is 0.175 e. The third-order valence-electron chi connectivity index (χ3n) is 1.54. The fourth-order valence-electron chi connectivity index (χ4n) is 0.952. The van der Waals surface area contributed by atoms with Crippen LogP contribution in [0.15, 0.2) is 23.1 Å². The Labute approximate surface area is 82.4 Å². The first-order valence-corrected chi connectivity index (χ1v) is 5.75. The lowest BCUT2D eigenvalue weighted by Crippen LogP contribution is -2.00. The van der Waals surface area contributed by atoms with E-state index in [4.69, 9.17) is 4.74 Å². The molecule has 3 nitrogen and oxygen atoms in total. The van der Waals surface area contributed by atoms with Crippen molar-refractivity contribution >= 4 is 9.84 Å². The van der Waals surface area contributed by atoms with Gasteiger partial charge in [0, 0.05) is 12.3 Å². The Balaban J connectivity index is 3.21. The molecule has 0 heterocycles. The first kappa shape index (κ1) is 11.0. The standard InChI is InChI=1S/C9H10FO3S/c1-3-13-8-4-7(10)5-9(6-8)14(2,11)12/h4-6H,1,3H2,2H3. The van der Waals surface area contributed by atoms with Gasteiger partial charge in [-0.15, -0.1) is 0 Å². The molecule has 0 bridgehead atoms. The van der Waals surface area contributed by atoms with Gasteiger partial charge in [0.2, 0.25) is 0 Å². The maximum atomic E-state index is 12.9. The molecule has 0 saturated carbocycles. The maximum absolute atomic E-state index is 12.9. The van der Waals surface area contributed by atoms with Crippen LogP contribution in [0.4, 0.5) is 4.39 Å². The molecule has 1 aromatic rings. The third kappa shape index (κ3) is 2.70. The minimum Gasteiger partial charge on any atom is -0.493 e. The molecule has 1 aromatic carbocycles. The van der Waals surface area contributed by atoms with Crippen molar-refractivity contribution in [3.8, 4) is 5.75 Å². The average molecular weight is 217 g/mol. The van der Waals surface area contributed by atoms with Crippen molar-refractivity contribution in [3.05, 3.63) is 30.9 Å². The van der Waals surface area contributed by atoms with Gasteiger partial charge in [0.15, 0.2) is 9.84 Å². The van der Waals surface area contributed by atoms with E-state index in [1.165, 1.54) is 6.07 Å². The van der Waals surface area contributed by atoms with E-state index in [1.807, 2.05) is 0 Å². The normalized spacial score (nSPS) is 11.4. The lowest BCUT2D eigenvalue weighted by atomic mass is 10.3. The number of rotatable bonds is 3. The van der Waals surface area contributed by atoms with Gasteiger partial charge in [0.05, 0.1) is 11.5 Å². The van der Waals surface area contributed by atoms with Crippen molar-refractivity contribution in [1.82, 2.24) is 0 Å². The van der Waals surface area contributed by atoms with Crippen molar-refractivity contribution < 1.29 is 17.5 Å². The van der Waals surface area contributed by atoms with Gasteiger partial charge in [-0.2, -0.15) is 0 Å². The van der Waals surface area contributed by atoms with Gasteiger partial charge in [0.25, 0.3) is 0 Å². The van der Waals surface area contributed by atoms with Crippen LogP contribution in [0.3, 0.4) is 0 Å². The molecule has 0 amide bonds. The molecule has 0 saturated heterocycles. The summed E-state index contributed by atoms with van der Waals surface area (Å²) in [7, 11) is -3.41. The Morgan fingerprint density at radius 3 is 2.57 bits per heavy atom. The summed E-state index contributed by atoms with van der Waals surface area (Å²) in [6.45, 7) is 3.53. The molecule has 5 heteroatoms. The van der Waals surface area contributed by atoms with E-state index in [2.05, 4.69) is 6.92 Å². The summed E-state index contributed by atoms with van der Waals surface area (Å²) < 4.78 is 40.0. The minimum absolute atomic E-state index is 0.0963. The van der Waals surface area contributed by atoms with Gasteiger partial charge in [-0.1, -0.05) is 0 Å². The van der Waals surface area contributed by atoms with Crippen LogP contribution in [0.2, 0.25) is 0 Å². The summed E-state index contributed by atoms with van der Waals surface area (Å²) in [5.41, 5.74) is 0. The molecular weight excluding hydrogens is 207 g/mol. The topological polar surface area (TPSA) is 43.4 Å². The summed E-state index contributed by atoms with van der Waals surface area (Å²) in [6, 6.07) is 3.33. The van der Waals surface area contributed by atoms with Crippen molar-refractivity contribution in [2.45, 2.75) is 4.90 Å². The molecule has 0 unspecified atom stereocenters. The van der Waals surface area contributed by atoms with Gasteiger partial charge in [0.1, 0.15) is 11.6 Å². The second kappa shape index (κ2) is 3.96.